The average Bonchev–Trinajstić information content (AvgIpc) is 3.49. The summed E-state index contributed by atoms with van der Waals surface area (Å²) in [6.07, 6.45) is 8.02. The van der Waals surface area contributed by atoms with Gasteiger partial charge in [-0.1, -0.05) is 6.07 Å². The van der Waals surface area contributed by atoms with Crippen molar-refractivity contribution < 1.29 is 9.18 Å². The van der Waals surface area contributed by atoms with Gasteiger partial charge in [-0.2, -0.15) is 0 Å². The van der Waals surface area contributed by atoms with Gasteiger partial charge in [-0.05, 0) is 68.6 Å². The van der Waals surface area contributed by atoms with Gasteiger partial charge in [0.1, 0.15) is 11.5 Å². The lowest BCUT2D eigenvalue weighted by atomic mass is 10.0. The Balaban J connectivity index is 1.37. The van der Waals surface area contributed by atoms with Crippen LogP contribution in [0.2, 0.25) is 0 Å². The van der Waals surface area contributed by atoms with Crippen LogP contribution >= 0.6 is 0 Å². The van der Waals surface area contributed by atoms with Crippen molar-refractivity contribution in [2.45, 2.75) is 31.7 Å². The maximum Gasteiger partial charge on any atom is 0.257 e. The molecule has 2 aliphatic heterocycles. The number of likely N-dealkylation sites (tertiary alicyclic amines) is 2. The molecule has 5 rings (SSSR count). The minimum Gasteiger partial charge on any atom is -0.346 e. The number of fused-ring (bicyclic) bond motifs is 1. The summed E-state index contributed by atoms with van der Waals surface area (Å²) < 4.78 is 14.9. The van der Waals surface area contributed by atoms with Crippen LogP contribution in [0.4, 0.5) is 4.39 Å². The highest BCUT2D eigenvalue weighted by Crippen LogP contribution is 2.27. The first-order chi connectivity index (χ1) is 14.2. The molecule has 1 unspecified atom stereocenters. The van der Waals surface area contributed by atoms with E-state index in [0.717, 1.165) is 54.6 Å². The van der Waals surface area contributed by atoms with E-state index in [4.69, 9.17) is 0 Å². The van der Waals surface area contributed by atoms with Crippen LogP contribution in [-0.4, -0.2) is 57.9 Å². The van der Waals surface area contributed by atoms with Crippen molar-refractivity contribution in [3.63, 3.8) is 0 Å². The SMILES string of the molecule is O=C(c1ccc(-c2cnc3[nH]ccc3c2)cc1F)N1CCCC1CN1CCCC1. The largest absolute Gasteiger partial charge is 0.346 e. The summed E-state index contributed by atoms with van der Waals surface area (Å²) >= 11 is 0. The van der Waals surface area contributed by atoms with Crippen LogP contribution < -0.4 is 0 Å². The van der Waals surface area contributed by atoms with Gasteiger partial charge in [0, 0.05) is 42.5 Å². The number of amides is 1. The molecule has 5 nitrogen and oxygen atoms in total. The highest BCUT2D eigenvalue weighted by molar-refractivity contribution is 5.95. The Morgan fingerprint density at radius 3 is 2.79 bits per heavy atom. The van der Waals surface area contributed by atoms with Gasteiger partial charge in [-0.25, -0.2) is 9.37 Å². The Labute approximate surface area is 169 Å². The Hall–Kier alpha value is -2.73. The highest BCUT2D eigenvalue weighted by atomic mass is 19.1. The van der Waals surface area contributed by atoms with E-state index >= 15 is 0 Å². The lowest BCUT2D eigenvalue weighted by Gasteiger charge is -2.28. The third-order valence-electron chi connectivity index (χ3n) is 6.24. The van der Waals surface area contributed by atoms with Crippen molar-refractivity contribution in [2.24, 2.45) is 0 Å². The summed E-state index contributed by atoms with van der Waals surface area (Å²) in [7, 11) is 0. The number of nitrogens with zero attached hydrogens (tertiary/aromatic N) is 3. The molecule has 29 heavy (non-hydrogen) atoms. The van der Waals surface area contributed by atoms with Crippen molar-refractivity contribution in [3.8, 4) is 11.1 Å². The van der Waals surface area contributed by atoms with E-state index < -0.39 is 5.82 Å². The standard InChI is InChI=1S/C23H25FN4O/c24-21-13-16(18-12-17-7-8-25-22(17)26-14-18)5-6-20(21)23(29)28-11-3-4-19(28)15-27-9-1-2-10-27/h5-8,12-14,19H,1-4,9-11,15H2,(H,25,26). The van der Waals surface area contributed by atoms with E-state index in [1.54, 1.807) is 12.3 Å². The number of hydrogen-bond acceptors (Lipinski definition) is 3. The first kappa shape index (κ1) is 18.3. The van der Waals surface area contributed by atoms with Crippen LogP contribution in [0.25, 0.3) is 22.2 Å². The topological polar surface area (TPSA) is 52.2 Å². The quantitative estimate of drug-likeness (QED) is 0.728. The van der Waals surface area contributed by atoms with Crippen molar-refractivity contribution in [1.82, 2.24) is 19.8 Å². The third kappa shape index (κ3) is 3.53. The van der Waals surface area contributed by atoms with Crippen LogP contribution in [-0.2, 0) is 0 Å². The lowest BCUT2D eigenvalue weighted by molar-refractivity contribution is 0.0704. The second kappa shape index (κ2) is 7.59. The molecule has 0 spiro atoms. The van der Waals surface area contributed by atoms with Gasteiger partial charge in [-0.15, -0.1) is 0 Å². The predicted octanol–water partition coefficient (Wildman–Crippen LogP) is 4.07. The fourth-order valence-corrected chi connectivity index (χ4v) is 4.68. The maximum atomic E-state index is 14.9. The summed E-state index contributed by atoms with van der Waals surface area (Å²) in [6, 6.07) is 9.00. The van der Waals surface area contributed by atoms with Crippen LogP contribution in [0, 0.1) is 5.82 Å². The average molecular weight is 392 g/mol. The van der Waals surface area contributed by atoms with E-state index in [0.29, 0.717) is 6.54 Å². The Kier molecular flexibility index (Phi) is 4.79. The zero-order valence-electron chi connectivity index (χ0n) is 16.4. The summed E-state index contributed by atoms with van der Waals surface area (Å²) in [5.41, 5.74) is 2.53. The van der Waals surface area contributed by atoms with E-state index in [1.165, 1.54) is 18.9 Å². The molecule has 2 saturated heterocycles. The number of pyridine rings is 1. The molecule has 0 radical (unpaired) electrons. The number of benzene rings is 1. The van der Waals surface area contributed by atoms with Crippen molar-refractivity contribution in [2.75, 3.05) is 26.2 Å². The molecule has 0 aliphatic carbocycles. The van der Waals surface area contributed by atoms with E-state index in [2.05, 4.69) is 14.9 Å². The normalized spacial score (nSPS) is 20.0. The van der Waals surface area contributed by atoms with Gasteiger partial charge in [-0.3, -0.25) is 4.79 Å². The molecule has 1 atom stereocenters. The molecule has 2 aliphatic rings. The molecule has 1 amide bonds. The van der Waals surface area contributed by atoms with E-state index in [9.17, 15) is 9.18 Å². The molecule has 2 fully saturated rings. The summed E-state index contributed by atoms with van der Waals surface area (Å²) in [5.74, 6) is -0.650. The smallest absolute Gasteiger partial charge is 0.257 e. The minimum atomic E-state index is -0.464. The number of carbonyl (C=O) groups is 1. The fourth-order valence-electron chi connectivity index (χ4n) is 4.68. The van der Waals surface area contributed by atoms with Crippen LogP contribution in [0.1, 0.15) is 36.0 Å². The van der Waals surface area contributed by atoms with Gasteiger partial charge >= 0.3 is 0 Å². The molecule has 3 aromatic rings. The van der Waals surface area contributed by atoms with Crippen molar-refractivity contribution in [1.29, 1.82) is 0 Å². The summed E-state index contributed by atoms with van der Waals surface area (Å²) in [5, 5.41) is 0.977. The van der Waals surface area contributed by atoms with Gasteiger partial charge in [0.15, 0.2) is 0 Å². The Bertz CT molecular complexity index is 1040. The van der Waals surface area contributed by atoms with Crippen molar-refractivity contribution >= 4 is 16.9 Å². The minimum absolute atomic E-state index is 0.165. The van der Waals surface area contributed by atoms with Gasteiger partial charge < -0.3 is 14.8 Å². The molecule has 2 aromatic heterocycles. The summed E-state index contributed by atoms with van der Waals surface area (Å²) in [4.78, 5) is 24.8. The van der Waals surface area contributed by atoms with E-state index in [-0.39, 0.29) is 17.5 Å². The Morgan fingerprint density at radius 2 is 1.97 bits per heavy atom. The van der Waals surface area contributed by atoms with Crippen molar-refractivity contribution in [3.05, 3.63) is 54.1 Å². The number of H-pyrrole nitrogens is 1. The number of halogens is 1. The zero-order chi connectivity index (χ0) is 19.8. The van der Waals surface area contributed by atoms with Gasteiger partial charge in [0.2, 0.25) is 0 Å². The van der Waals surface area contributed by atoms with Gasteiger partial charge in [0.05, 0.1) is 5.56 Å². The molecule has 4 heterocycles. The second-order valence-electron chi connectivity index (χ2n) is 8.14. The van der Waals surface area contributed by atoms with Crippen LogP contribution in [0.3, 0.4) is 0 Å². The number of nitrogens with one attached hydrogen (secondary N) is 1. The monoisotopic (exact) mass is 392 g/mol. The lowest BCUT2D eigenvalue weighted by Crippen LogP contribution is -2.42. The molecule has 0 saturated carbocycles. The molecule has 1 N–H and O–H groups in total. The number of aromatic nitrogens is 2. The number of hydrogen-bond donors (Lipinski definition) is 1. The van der Waals surface area contributed by atoms with Gasteiger partial charge in [0.25, 0.3) is 5.91 Å². The number of rotatable bonds is 4. The molecule has 1 aromatic carbocycles. The first-order valence-electron chi connectivity index (χ1n) is 10.5. The Morgan fingerprint density at radius 1 is 1.10 bits per heavy atom. The number of aromatic amines is 1. The third-order valence-corrected chi connectivity index (χ3v) is 6.24. The highest BCUT2D eigenvalue weighted by Gasteiger charge is 2.32. The molecular formula is C23H25FN4O. The first-order valence-corrected chi connectivity index (χ1v) is 10.5. The fraction of sp³-hybridized carbons (Fsp3) is 0.391. The zero-order valence-corrected chi connectivity index (χ0v) is 16.4. The number of carbonyl (C=O) groups excluding carboxylic acids is 1. The molecule has 0 bridgehead atoms. The molecular weight excluding hydrogens is 367 g/mol. The predicted molar refractivity (Wildman–Crippen MR) is 111 cm³/mol. The summed E-state index contributed by atoms with van der Waals surface area (Å²) in [6.45, 7) is 3.85. The van der Waals surface area contributed by atoms with Crippen LogP contribution in [0.5, 0.6) is 0 Å². The van der Waals surface area contributed by atoms with Crippen LogP contribution in [0.15, 0.2) is 42.7 Å². The van der Waals surface area contributed by atoms with E-state index in [1.807, 2.05) is 29.3 Å². The maximum absolute atomic E-state index is 14.9. The molecule has 150 valence electrons. The second-order valence-corrected chi connectivity index (χ2v) is 8.14. The molecule has 6 heteroatoms.